The molecule has 0 aliphatic heterocycles. The first-order valence-electron chi connectivity index (χ1n) is 3.95. The molecule has 0 spiro atoms. The fraction of sp³-hybridized carbons (Fsp3) is 0.111. The smallest absolute Gasteiger partial charge is 0.258 e. The molecule has 5 heteroatoms. The van der Waals surface area contributed by atoms with Gasteiger partial charge >= 0.3 is 0 Å². The number of hydrogen-bond acceptors (Lipinski definition) is 2. The van der Waals surface area contributed by atoms with Crippen LogP contribution in [0.1, 0.15) is 5.82 Å². The minimum atomic E-state index is -0.106. The van der Waals surface area contributed by atoms with E-state index in [1.807, 2.05) is 12.1 Å². The topological polar surface area (TPSA) is 45.8 Å². The summed E-state index contributed by atoms with van der Waals surface area (Å²) >= 11 is 6.56. The van der Waals surface area contributed by atoms with Gasteiger partial charge in [0, 0.05) is 4.47 Å². The summed E-state index contributed by atoms with van der Waals surface area (Å²) in [6.07, 6.45) is 0. The Balaban J connectivity index is 2.83. The molecule has 0 saturated heterocycles. The number of aromatic nitrogens is 2. The van der Waals surface area contributed by atoms with Gasteiger partial charge in [0.05, 0.1) is 16.2 Å². The minimum absolute atomic E-state index is 0.106. The van der Waals surface area contributed by atoms with Crippen molar-refractivity contribution in [2.75, 3.05) is 0 Å². The van der Waals surface area contributed by atoms with E-state index in [2.05, 4.69) is 41.8 Å². The van der Waals surface area contributed by atoms with Crippen molar-refractivity contribution >= 4 is 42.8 Å². The van der Waals surface area contributed by atoms with Crippen molar-refractivity contribution in [1.29, 1.82) is 0 Å². The lowest BCUT2D eigenvalue weighted by atomic mass is 10.2. The van der Waals surface area contributed by atoms with Gasteiger partial charge in [0.2, 0.25) is 0 Å². The van der Waals surface area contributed by atoms with Crippen LogP contribution in [0.3, 0.4) is 0 Å². The third kappa shape index (κ3) is 1.74. The molecule has 0 radical (unpaired) electrons. The summed E-state index contributed by atoms with van der Waals surface area (Å²) in [6, 6.07) is 5.45. The Morgan fingerprint density at radius 1 is 1.43 bits per heavy atom. The number of nitrogens with one attached hydrogen (secondary N) is 1. The molecule has 0 aliphatic carbocycles. The Hall–Kier alpha value is -0.680. The Bertz CT molecular complexity index is 536. The molecule has 2 rings (SSSR count). The molecule has 0 aliphatic rings. The molecule has 1 heterocycles. The number of H-pyrrole nitrogens is 1. The summed E-state index contributed by atoms with van der Waals surface area (Å²) in [7, 11) is 0. The molecular formula is C9H6Br2N2O. The van der Waals surface area contributed by atoms with Crippen LogP contribution >= 0.6 is 31.9 Å². The lowest BCUT2D eigenvalue weighted by Gasteiger charge is -1.99. The largest absolute Gasteiger partial charge is 0.309 e. The maximum atomic E-state index is 11.6. The van der Waals surface area contributed by atoms with Crippen molar-refractivity contribution in [1.82, 2.24) is 9.97 Å². The third-order valence-electron chi connectivity index (χ3n) is 1.84. The van der Waals surface area contributed by atoms with E-state index in [0.717, 1.165) is 4.47 Å². The van der Waals surface area contributed by atoms with Gasteiger partial charge in [0.1, 0.15) is 5.82 Å². The molecular weight excluding hydrogens is 312 g/mol. The van der Waals surface area contributed by atoms with E-state index in [0.29, 0.717) is 22.1 Å². The highest BCUT2D eigenvalue weighted by atomic mass is 79.9. The maximum absolute atomic E-state index is 11.6. The number of nitrogens with zero attached hydrogens (tertiary/aromatic N) is 1. The van der Waals surface area contributed by atoms with Crippen LogP contribution in [0.5, 0.6) is 0 Å². The van der Waals surface area contributed by atoms with Crippen LogP contribution in [0.15, 0.2) is 27.5 Å². The predicted octanol–water partition coefficient (Wildman–Crippen LogP) is 2.58. The first-order valence-corrected chi connectivity index (χ1v) is 5.86. The average Bonchev–Trinajstić information content (AvgIpc) is 2.19. The second-order valence-corrected chi connectivity index (χ2v) is 4.28. The van der Waals surface area contributed by atoms with E-state index >= 15 is 0 Å². The van der Waals surface area contributed by atoms with Crippen molar-refractivity contribution in [2.45, 2.75) is 5.33 Å². The first kappa shape index (κ1) is 9.86. The third-order valence-corrected chi connectivity index (χ3v) is 2.87. The van der Waals surface area contributed by atoms with Crippen LogP contribution in [-0.4, -0.2) is 9.97 Å². The molecule has 2 aromatic rings. The normalized spacial score (nSPS) is 10.7. The molecule has 72 valence electrons. The summed E-state index contributed by atoms with van der Waals surface area (Å²) in [5.41, 5.74) is 0.608. The number of halogens is 2. The standard InChI is InChI=1S/C9H6Br2N2O/c10-4-8-12-7-2-1-5(11)3-6(7)9(14)13-8/h1-3H,4H2,(H,12,13,14). The molecule has 0 saturated carbocycles. The van der Waals surface area contributed by atoms with Crippen LogP contribution in [-0.2, 0) is 5.33 Å². The molecule has 0 unspecified atom stereocenters. The lowest BCUT2D eigenvalue weighted by Crippen LogP contribution is -2.10. The van der Waals surface area contributed by atoms with E-state index in [4.69, 9.17) is 0 Å². The molecule has 14 heavy (non-hydrogen) atoms. The highest BCUT2D eigenvalue weighted by Crippen LogP contribution is 2.15. The van der Waals surface area contributed by atoms with E-state index < -0.39 is 0 Å². The zero-order chi connectivity index (χ0) is 10.1. The Morgan fingerprint density at radius 2 is 2.21 bits per heavy atom. The number of hydrogen-bond donors (Lipinski definition) is 1. The van der Waals surface area contributed by atoms with E-state index in [1.54, 1.807) is 6.07 Å². The number of rotatable bonds is 1. The van der Waals surface area contributed by atoms with Gasteiger partial charge < -0.3 is 4.98 Å². The van der Waals surface area contributed by atoms with Crippen molar-refractivity contribution in [3.8, 4) is 0 Å². The number of aromatic amines is 1. The van der Waals surface area contributed by atoms with Crippen molar-refractivity contribution in [3.63, 3.8) is 0 Å². The van der Waals surface area contributed by atoms with Gasteiger partial charge in [-0.2, -0.15) is 0 Å². The summed E-state index contributed by atoms with van der Waals surface area (Å²) in [6.45, 7) is 0. The summed E-state index contributed by atoms with van der Waals surface area (Å²) in [5, 5.41) is 1.15. The molecule has 0 atom stereocenters. The predicted molar refractivity (Wildman–Crippen MR) is 62.7 cm³/mol. The van der Waals surface area contributed by atoms with Gasteiger partial charge in [-0.15, -0.1) is 0 Å². The Morgan fingerprint density at radius 3 is 2.93 bits per heavy atom. The molecule has 0 bridgehead atoms. The van der Waals surface area contributed by atoms with Crippen molar-refractivity contribution < 1.29 is 0 Å². The highest BCUT2D eigenvalue weighted by Gasteiger charge is 2.02. The number of benzene rings is 1. The highest BCUT2D eigenvalue weighted by molar-refractivity contribution is 9.10. The average molecular weight is 318 g/mol. The second-order valence-electron chi connectivity index (χ2n) is 2.81. The van der Waals surface area contributed by atoms with Crippen molar-refractivity contribution in [2.24, 2.45) is 0 Å². The number of alkyl halides is 1. The van der Waals surface area contributed by atoms with Crippen LogP contribution in [0.25, 0.3) is 10.9 Å². The summed E-state index contributed by atoms with van der Waals surface area (Å²) < 4.78 is 0.879. The first-order chi connectivity index (χ1) is 6.70. The zero-order valence-electron chi connectivity index (χ0n) is 7.05. The van der Waals surface area contributed by atoms with Crippen LogP contribution in [0.4, 0.5) is 0 Å². The van der Waals surface area contributed by atoms with Crippen LogP contribution in [0.2, 0.25) is 0 Å². The molecule has 1 N–H and O–H groups in total. The molecule has 0 fully saturated rings. The molecule has 1 aromatic carbocycles. The Kier molecular flexibility index (Phi) is 2.69. The van der Waals surface area contributed by atoms with Gasteiger partial charge in [-0.1, -0.05) is 31.9 Å². The Labute approximate surface area is 96.8 Å². The monoisotopic (exact) mass is 316 g/mol. The molecule has 3 nitrogen and oxygen atoms in total. The van der Waals surface area contributed by atoms with Crippen molar-refractivity contribution in [3.05, 3.63) is 38.9 Å². The van der Waals surface area contributed by atoms with E-state index in [-0.39, 0.29) is 5.56 Å². The van der Waals surface area contributed by atoms with E-state index in [9.17, 15) is 4.79 Å². The van der Waals surface area contributed by atoms with Gasteiger partial charge in [-0.3, -0.25) is 4.79 Å². The number of fused-ring (bicyclic) bond motifs is 1. The minimum Gasteiger partial charge on any atom is -0.309 e. The molecule has 1 aromatic heterocycles. The summed E-state index contributed by atoms with van der Waals surface area (Å²) in [5.74, 6) is 0.643. The summed E-state index contributed by atoms with van der Waals surface area (Å²) in [4.78, 5) is 18.5. The SMILES string of the molecule is O=c1[nH]c(CBr)nc2ccc(Br)cc12. The fourth-order valence-electron chi connectivity index (χ4n) is 1.22. The van der Waals surface area contributed by atoms with Gasteiger partial charge in [0.15, 0.2) is 0 Å². The van der Waals surface area contributed by atoms with Gasteiger partial charge in [-0.25, -0.2) is 4.98 Å². The van der Waals surface area contributed by atoms with Crippen LogP contribution < -0.4 is 5.56 Å². The maximum Gasteiger partial charge on any atom is 0.258 e. The second kappa shape index (κ2) is 3.82. The van der Waals surface area contributed by atoms with E-state index in [1.165, 1.54) is 0 Å². The van der Waals surface area contributed by atoms with Gasteiger partial charge in [-0.05, 0) is 18.2 Å². The molecule has 0 amide bonds. The quantitative estimate of drug-likeness (QED) is 0.822. The zero-order valence-corrected chi connectivity index (χ0v) is 10.2. The van der Waals surface area contributed by atoms with Gasteiger partial charge in [0.25, 0.3) is 5.56 Å². The fourth-order valence-corrected chi connectivity index (χ4v) is 1.85. The van der Waals surface area contributed by atoms with Crippen LogP contribution in [0, 0.1) is 0 Å². The lowest BCUT2D eigenvalue weighted by molar-refractivity contribution is 1.05.